The van der Waals surface area contributed by atoms with Gasteiger partial charge in [-0.3, -0.25) is 4.79 Å². The highest BCUT2D eigenvalue weighted by atomic mass is 16.1. The van der Waals surface area contributed by atoms with E-state index >= 15 is 0 Å². The van der Waals surface area contributed by atoms with Crippen molar-refractivity contribution in [2.75, 3.05) is 0 Å². The monoisotopic (exact) mass is 384 g/mol. The molecule has 3 fully saturated rings. The molecule has 1 heteroatoms. The SMILES string of the molecule is CCCCCCCC[C@H]1CC[C@H]2[C@@H]3CCC4=CC(=O)CC[C@]4(C)[C@H]3CC[C@]12C. The predicted octanol–water partition coefficient (Wildman–Crippen LogP) is 7.89. The summed E-state index contributed by atoms with van der Waals surface area (Å²) in [5, 5.41) is 0. The van der Waals surface area contributed by atoms with E-state index in [1.165, 1.54) is 89.0 Å². The van der Waals surface area contributed by atoms with Gasteiger partial charge in [0.2, 0.25) is 0 Å². The number of allylic oxidation sites excluding steroid dienone is 1. The van der Waals surface area contributed by atoms with E-state index in [0.29, 0.717) is 16.6 Å². The number of unbranched alkanes of at least 4 members (excludes halogenated alkanes) is 5. The number of ketones is 1. The third-order valence-electron chi connectivity index (χ3n) is 10.1. The van der Waals surface area contributed by atoms with E-state index in [-0.39, 0.29) is 0 Å². The molecule has 0 bridgehead atoms. The molecule has 4 aliphatic carbocycles. The van der Waals surface area contributed by atoms with Gasteiger partial charge in [0, 0.05) is 6.42 Å². The van der Waals surface area contributed by atoms with Crippen molar-refractivity contribution in [1.82, 2.24) is 0 Å². The van der Waals surface area contributed by atoms with Gasteiger partial charge in [-0.25, -0.2) is 0 Å². The van der Waals surface area contributed by atoms with Crippen LogP contribution in [0, 0.1) is 34.5 Å². The molecule has 0 aromatic carbocycles. The van der Waals surface area contributed by atoms with Crippen molar-refractivity contribution in [3.05, 3.63) is 11.6 Å². The summed E-state index contributed by atoms with van der Waals surface area (Å²) in [5.74, 6) is 4.14. The zero-order valence-corrected chi connectivity index (χ0v) is 18.9. The highest BCUT2D eigenvalue weighted by Gasteiger charge is 2.58. The second-order valence-corrected chi connectivity index (χ2v) is 11.3. The lowest BCUT2D eigenvalue weighted by molar-refractivity contribution is -0.117. The Morgan fingerprint density at radius 1 is 0.893 bits per heavy atom. The number of carbonyl (C=O) groups is 1. The summed E-state index contributed by atoms with van der Waals surface area (Å²) in [7, 11) is 0. The molecule has 0 aromatic heterocycles. The van der Waals surface area contributed by atoms with Crippen molar-refractivity contribution in [3.8, 4) is 0 Å². The van der Waals surface area contributed by atoms with Crippen molar-refractivity contribution >= 4 is 5.78 Å². The Morgan fingerprint density at radius 2 is 1.68 bits per heavy atom. The third-order valence-corrected chi connectivity index (χ3v) is 10.1. The van der Waals surface area contributed by atoms with Crippen molar-refractivity contribution in [2.45, 2.75) is 117 Å². The summed E-state index contributed by atoms with van der Waals surface area (Å²) in [6, 6.07) is 0. The van der Waals surface area contributed by atoms with Gasteiger partial charge in [0.05, 0.1) is 0 Å². The molecule has 0 radical (unpaired) electrons. The maximum Gasteiger partial charge on any atom is 0.155 e. The molecule has 158 valence electrons. The molecule has 1 nitrogen and oxygen atoms in total. The Bertz CT molecular complexity index is 603. The number of hydrogen-bond acceptors (Lipinski definition) is 1. The van der Waals surface area contributed by atoms with Crippen LogP contribution in [0.1, 0.15) is 117 Å². The zero-order chi connectivity index (χ0) is 19.8. The van der Waals surface area contributed by atoms with E-state index in [0.717, 1.165) is 36.5 Å². The van der Waals surface area contributed by atoms with E-state index < -0.39 is 0 Å². The van der Waals surface area contributed by atoms with Crippen LogP contribution in [0.15, 0.2) is 11.6 Å². The van der Waals surface area contributed by atoms with E-state index in [4.69, 9.17) is 0 Å². The van der Waals surface area contributed by atoms with Crippen LogP contribution in [-0.2, 0) is 4.79 Å². The summed E-state index contributed by atoms with van der Waals surface area (Å²) in [5.41, 5.74) is 2.48. The third kappa shape index (κ3) is 3.54. The topological polar surface area (TPSA) is 17.1 Å². The van der Waals surface area contributed by atoms with Gasteiger partial charge in [-0.15, -0.1) is 0 Å². The van der Waals surface area contributed by atoms with Crippen LogP contribution in [0.5, 0.6) is 0 Å². The maximum absolute atomic E-state index is 12.0. The van der Waals surface area contributed by atoms with Gasteiger partial charge in [0.25, 0.3) is 0 Å². The van der Waals surface area contributed by atoms with E-state index in [1.54, 1.807) is 0 Å². The molecule has 0 aromatic rings. The standard InChI is InChI=1S/C27H44O/c1-4-5-6-7-8-9-10-20-12-14-24-23-13-11-21-19-22(28)15-17-27(21,3)25(23)16-18-26(20,24)2/h19-20,23-25H,4-18H2,1-3H3/t20-,23-,24-,25-,26+,27-/m0/s1. The molecule has 0 N–H and O–H groups in total. The minimum Gasteiger partial charge on any atom is -0.295 e. The number of rotatable bonds is 7. The first kappa shape index (κ1) is 20.7. The summed E-state index contributed by atoms with van der Waals surface area (Å²) in [6.45, 7) is 7.51. The van der Waals surface area contributed by atoms with Crippen LogP contribution in [0.25, 0.3) is 0 Å². The molecule has 4 aliphatic rings. The molecule has 0 spiro atoms. The quantitative estimate of drug-likeness (QED) is 0.408. The minimum absolute atomic E-state index is 0.343. The van der Waals surface area contributed by atoms with Crippen LogP contribution < -0.4 is 0 Å². The summed E-state index contributed by atoms with van der Waals surface area (Å²) in [6.07, 6.45) is 22.5. The zero-order valence-electron chi connectivity index (χ0n) is 18.9. The van der Waals surface area contributed by atoms with Gasteiger partial charge in [-0.1, -0.05) is 64.9 Å². The smallest absolute Gasteiger partial charge is 0.155 e. The van der Waals surface area contributed by atoms with Gasteiger partial charge in [0.1, 0.15) is 0 Å². The molecule has 0 saturated heterocycles. The lowest BCUT2D eigenvalue weighted by atomic mass is 9.46. The molecular weight excluding hydrogens is 340 g/mol. The fourth-order valence-corrected chi connectivity index (χ4v) is 8.31. The van der Waals surface area contributed by atoms with Crippen molar-refractivity contribution in [2.24, 2.45) is 34.5 Å². The van der Waals surface area contributed by atoms with Gasteiger partial charge in [0.15, 0.2) is 5.78 Å². The summed E-state index contributed by atoms with van der Waals surface area (Å²) >= 11 is 0. The summed E-state index contributed by atoms with van der Waals surface area (Å²) in [4.78, 5) is 12.0. The molecule has 28 heavy (non-hydrogen) atoms. The second-order valence-electron chi connectivity index (χ2n) is 11.3. The number of fused-ring (bicyclic) bond motifs is 5. The first-order valence-electron chi connectivity index (χ1n) is 12.7. The van der Waals surface area contributed by atoms with Crippen LogP contribution in [0.4, 0.5) is 0 Å². The van der Waals surface area contributed by atoms with Crippen molar-refractivity contribution in [1.29, 1.82) is 0 Å². The number of carbonyl (C=O) groups excluding carboxylic acids is 1. The van der Waals surface area contributed by atoms with Crippen molar-refractivity contribution in [3.63, 3.8) is 0 Å². The van der Waals surface area contributed by atoms with Gasteiger partial charge in [-0.05, 0) is 91.9 Å². The second kappa shape index (κ2) is 8.27. The highest BCUT2D eigenvalue weighted by Crippen LogP contribution is 2.67. The van der Waals surface area contributed by atoms with Crippen molar-refractivity contribution < 1.29 is 4.79 Å². The molecule has 0 amide bonds. The van der Waals surface area contributed by atoms with Gasteiger partial charge in [-0.2, -0.15) is 0 Å². The first-order valence-corrected chi connectivity index (χ1v) is 12.7. The average Bonchev–Trinajstić information content (AvgIpc) is 3.01. The molecule has 0 aliphatic heterocycles. The van der Waals surface area contributed by atoms with Gasteiger partial charge >= 0.3 is 0 Å². The molecule has 0 heterocycles. The Hall–Kier alpha value is -0.590. The summed E-state index contributed by atoms with van der Waals surface area (Å²) < 4.78 is 0. The lowest BCUT2D eigenvalue weighted by Gasteiger charge is -2.58. The van der Waals surface area contributed by atoms with Crippen LogP contribution in [0.2, 0.25) is 0 Å². The van der Waals surface area contributed by atoms with Gasteiger partial charge < -0.3 is 0 Å². The fourth-order valence-electron chi connectivity index (χ4n) is 8.31. The Kier molecular flexibility index (Phi) is 6.11. The first-order chi connectivity index (χ1) is 13.5. The van der Waals surface area contributed by atoms with Crippen LogP contribution in [-0.4, -0.2) is 5.78 Å². The minimum atomic E-state index is 0.343. The molecule has 4 rings (SSSR count). The van der Waals surface area contributed by atoms with E-state index in [9.17, 15) is 4.79 Å². The van der Waals surface area contributed by atoms with Crippen LogP contribution in [0.3, 0.4) is 0 Å². The lowest BCUT2D eigenvalue weighted by Crippen LogP contribution is -2.50. The Balaban J connectivity index is 1.40. The van der Waals surface area contributed by atoms with Crippen LogP contribution >= 0.6 is 0 Å². The Morgan fingerprint density at radius 3 is 2.50 bits per heavy atom. The molecule has 3 saturated carbocycles. The van der Waals surface area contributed by atoms with E-state index in [2.05, 4.69) is 26.8 Å². The average molecular weight is 385 g/mol. The maximum atomic E-state index is 12.0. The van der Waals surface area contributed by atoms with E-state index in [1.807, 2.05) is 0 Å². The normalized spacial score (nSPS) is 42.5. The fraction of sp³-hybridized carbons (Fsp3) is 0.889. The number of hydrogen-bond donors (Lipinski definition) is 0. The largest absolute Gasteiger partial charge is 0.295 e. The Labute approximate surface area is 174 Å². The molecule has 0 unspecified atom stereocenters. The predicted molar refractivity (Wildman–Crippen MR) is 118 cm³/mol. The highest BCUT2D eigenvalue weighted by molar-refractivity contribution is 5.91. The molecular formula is C27H44O. The molecule has 6 atom stereocenters.